The molecule has 33 heavy (non-hydrogen) atoms. The first-order valence-electron chi connectivity index (χ1n) is 11.7. The number of nitrogens with zero attached hydrogens (tertiary/aromatic N) is 3. The Hall–Kier alpha value is -2.86. The van der Waals surface area contributed by atoms with Crippen molar-refractivity contribution in [3.05, 3.63) is 71.7 Å². The van der Waals surface area contributed by atoms with Crippen LogP contribution in [-0.2, 0) is 11.2 Å². The van der Waals surface area contributed by atoms with Gasteiger partial charge in [0.05, 0.1) is 12.1 Å². The highest BCUT2D eigenvalue weighted by Crippen LogP contribution is 2.23. The Kier molecular flexibility index (Phi) is 7.65. The van der Waals surface area contributed by atoms with Crippen molar-refractivity contribution in [2.45, 2.75) is 50.3 Å². The maximum absolute atomic E-state index is 13.1. The largest absolute Gasteiger partial charge is 0.350 e. The van der Waals surface area contributed by atoms with Crippen molar-refractivity contribution in [2.24, 2.45) is 0 Å². The molecule has 2 unspecified atom stereocenters. The molecule has 0 bridgehead atoms. The van der Waals surface area contributed by atoms with Crippen LogP contribution < -0.4 is 5.32 Å². The van der Waals surface area contributed by atoms with Crippen molar-refractivity contribution < 1.29 is 9.59 Å². The Morgan fingerprint density at radius 2 is 1.82 bits per heavy atom. The smallest absolute Gasteiger partial charge is 0.268 e. The van der Waals surface area contributed by atoms with Crippen LogP contribution in [0.25, 0.3) is 5.65 Å². The zero-order valence-corrected chi connectivity index (χ0v) is 19.8. The Bertz CT molecular complexity index is 1090. The Labute approximate surface area is 200 Å². The predicted molar refractivity (Wildman–Crippen MR) is 131 cm³/mol. The number of rotatable bonds is 8. The van der Waals surface area contributed by atoms with Gasteiger partial charge < -0.3 is 10.2 Å². The highest BCUT2D eigenvalue weighted by molar-refractivity contribution is 6.20. The first kappa shape index (κ1) is 23.3. The summed E-state index contributed by atoms with van der Waals surface area (Å²) in [6.07, 6.45) is 6.14. The van der Waals surface area contributed by atoms with E-state index in [0.29, 0.717) is 23.6 Å². The number of nitrogens with one attached hydrogen (secondary N) is 1. The molecular formula is C26H31ClN4O2. The van der Waals surface area contributed by atoms with Crippen LogP contribution in [0.3, 0.4) is 0 Å². The molecule has 4 rings (SSSR count). The summed E-state index contributed by atoms with van der Waals surface area (Å²) in [4.78, 5) is 32.3. The molecule has 0 spiro atoms. The Morgan fingerprint density at radius 1 is 1.06 bits per heavy atom. The number of pyridine rings is 1. The van der Waals surface area contributed by atoms with Crippen LogP contribution in [0, 0.1) is 0 Å². The number of carbonyl (C=O) groups excluding carboxylic acids is 2. The average molecular weight is 467 g/mol. The van der Waals surface area contributed by atoms with E-state index in [1.807, 2.05) is 48.4 Å². The Morgan fingerprint density at radius 3 is 2.55 bits per heavy atom. The molecule has 0 radical (unpaired) electrons. The van der Waals surface area contributed by atoms with Crippen LogP contribution in [0.2, 0.25) is 0 Å². The van der Waals surface area contributed by atoms with Gasteiger partial charge in [0.2, 0.25) is 5.91 Å². The molecule has 3 heterocycles. The summed E-state index contributed by atoms with van der Waals surface area (Å²) < 4.78 is 1.77. The van der Waals surface area contributed by atoms with E-state index in [-0.39, 0.29) is 29.5 Å². The predicted octanol–water partition coefficient (Wildman–Crippen LogP) is 4.42. The van der Waals surface area contributed by atoms with E-state index in [4.69, 9.17) is 11.6 Å². The number of hydrogen-bond donors (Lipinski definition) is 1. The van der Waals surface area contributed by atoms with E-state index in [2.05, 4.69) is 22.4 Å². The van der Waals surface area contributed by atoms with Gasteiger partial charge in [-0.1, -0.05) is 36.4 Å². The number of imidazole rings is 1. The number of carbonyl (C=O) groups is 2. The van der Waals surface area contributed by atoms with E-state index in [9.17, 15) is 9.59 Å². The molecule has 1 N–H and O–H groups in total. The first-order chi connectivity index (χ1) is 16.0. The molecule has 1 aliphatic rings. The molecule has 2 aromatic heterocycles. The second-order valence-corrected chi connectivity index (χ2v) is 9.57. The monoisotopic (exact) mass is 466 g/mol. The minimum Gasteiger partial charge on any atom is -0.350 e. The van der Waals surface area contributed by atoms with Gasteiger partial charge >= 0.3 is 0 Å². The van der Waals surface area contributed by atoms with Crippen LogP contribution in [0.4, 0.5) is 0 Å². The maximum atomic E-state index is 13.1. The fourth-order valence-corrected chi connectivity index (χ4v) is 4.72. The molecule has 0 aliphatic carbocycles. The molecular weight excluding hydrogens is 436 g/mol. The molecule has 6 nitrogen and oxygen atoms in total. The topological polar surface area (TPSA) is 66.7 Å². The quantitative estimate of drug-likeness (QED) is 0.500. The molecule has 1 saturated heterocycles. The van der Waals surface area contributed by atoms with Gasteiger partial charge in [-0.2, -0.15) is 0 Å². The van der Waals surface area contributed by atoms with Gasteiger partial charge in [-0.05, 0) is 50.3 Å². The number of alkyl halides is 1. The lowest BCUT2D eigenvalue weighted by Gasteiger charge is -2.26. The van der Waals surface area contributed by atoms with Gasteiger partial charge in [-0.3, -0.25) is 14.0 Å². The SMILES string of the molecule is CC(Cl)CC(CNC(=O)c1cccc2nc(CC(=O)N3CCCCC3)cn12)c1ccccc1. The van der Waals surface area contributed by atoms with E-state index in [1.54, 1.807) is 10.5 Å². The van der Waals surface area contributed by atoms with Crippen LogP contribution in [0.1, 0.15) is 60.3 Å². The van der Waals surface area contributed by atoms with Crippen molar-refractivity contribution in [3.8, 4) is 0 Å². The van der Waals surface area contributed by atoms with Crippen molar-refractivity contribution >= 4 is 29.1 Å². The van der Waals surface area contributed by atoms with Gasteiger partial charge in [0, 0.05) is 37.1 Å². The summed E-state index contributed by atoms with van der Waals surface area (Å²) in [5, 5.41) is 3.08. The van der Waals surface area contributed by atoms with Crippen molar-refractivity contribution in [3.63, 3.8) is 0 Å². The van der Waals surface area contributed by atoms with E-state index < -0.39 is 0 Å². The molecule has 7 heteroatoms. The summed E-state index contributed by atoms with van der Waals surface area (Å²) >= 11 is 6.28. The summed E-state index contributed by atoms with van der Waals surface area (Å²) in [7, 11) is 0. The molecule has 1 fully saturated rings. The maximum Gasteiger partial charge on any atom is 0.268 e. The Balaban J connectivity index is 1.46. The van der Waals surface area contributed by atoms with Crippen molar-refractivity contribution in [1.29, 1.82) is 0 Å². The van der Waals surface area contributed by atoms with Gasteiger partial charge in [0.15, 0.2) is 0 Å². The number of likely N-dealkylation sites (tertiary alicyclic amines) is 1. The second kappa shape index (κ2) is 10.8. The fraction of sp³-hybridized carbons (Fsp3) is 0.423. The second-order valence-electron chi connectivity index (χ2n) is 8.82. The minimum atomic E-state index is -0.171. The standard InChI is InChI=1S/C26H31ClN4O2/c1-19(27)15-21(20-9-4-2-5-10-20)17-28-26(33)23-11-8-12-24-29-22(18-31(23)24)16-25(32)30-13-6-3-7-14-30/h2,4-5,8-12,18-19,21H,3,6-7,13-17H2,1H3,(H,28,33). The number of halogens is 1. The van der Waals surface area contributed by atoms with Crippen LogP contribution >= 0.6 is 11.6 Å². The van der Waals surface area contributed by atoms with Crippen LogP contribution in [0.5, 0.6) is 0 Å². The molecule has 0 saturated carbocycles. The average Bonchev–Trinajstić information content (AvgIpc) is 3.25. The van der Waals surface area contributed by atoms with Gasteiger partial charge in [-0.25, -0.2) is 4.98 Å². The zero-order chi connectivity index (χ0) is 23.2. The minimum absolute atomic E-state index is 0.00388. The zero-order valence-electron chi connectivity index (χ0n) is 19.0. The first-order valence-corrected chi connectivity index (χ1v) is 12.2. The van der Waals surface area contributed by atoms with Gasteiger partial charge in [0.1, 0.15) is 11.3 Å². The number of aromatic nitrogens is 2. The van der Waals surface area contributed by atoms with Crippen LogP contribution in [-0.4, -0.2) is 51.1 Å². The third-order valence-corrected chi connectivity index (χ3v) is 6.38. The van der Waals surface area contributed by atoms with Crippen molar-refractivity contribution in [2.75, 3.05) is 19.6 Å². The van der Waals surface area contributed by atoms with Crippen LogP contribution in [0.15, 0.2) is 54.7 Å². The molecule has 2 atom stereocenters. The normalized spacial score (nSPS) is 15.9. The third kappa shape index (κ3) is 5.93. The lowest BCUT2D eigenvalue weighted by molar-refractivity contribution is -0.131. The van der Waals surface area contributed by atoms with Gasteiger partial charge in [0.25, 0.3) is 5.91 Å². The lowest BCUT2D eigenvalue weighted by Crippen LogP contribution is -2.36. The number of piperidine rings is 1. The summed E-state index contributed by atoms with van der Waals surface area (Å²) in [6, 6.07) is 15.6. The molecule has 1 aromatic carbocycles. The third-order valence-electron chi connectivity index (χ3n) is 6.21. The van der Waals surface area contributed by atoms with E-state index >= 15 is 0 Å². The fourth-order valence-electron chi connectivity index (χ4n) is 4.50. The highest BCUT2D eigenvalue weighted by Gasteiger charge is 2.20. The number of fused-ring (bicyclic) bond motifs is 1. The van der Waals surface area contributed by atoms with Crippen molar-refractivity contribution in [1.82, 2.24) is 19.6 Å². The number of benzene rings is 1. The summed E-state index contributed by atoms with van der Waals surface area (Å²) in [5.41, 5.74) is 3.01. The van der Waals surface area contributed by atoms with Gasteiger partial charge in [-0.15, -0.1) is 11.6 Å². The molecule has 174 valence electrons. The van der Waals surface area contributed by atoms with E-state index in [1.165, 1.54) is 6.42 Å². The highest BCUT2D eigenvalue weighted by atomic mass is 35.5. The molecule has 1 aliphatic heterocycles. The number of amides is 2. The molecule has 3 aromatic rings. The summed E-state index contributed by atoms with van der Waals surface area (Å²) in [5.74, 6) is 0.0578. The number of hydrogen-bond acceptors (Lipinski definition) is 3. The molecule has 2 amide bonds. The summed E-state index contributed by atoms with van der Waals surface area (Å²) in [6.45, 7) is 4.11. The van der Waals surface area contributed by atoms with E-state index in [0.717, 1.165) is 37.9 Å². The lowest BCUT2D eigenvalue weighted by atomic mass is 9.94.